The van der Waals surface area contributed by atoms with Gasteiger partial charge in [-0.15, -0.1) is 0 Å². The molecule has 0 saturated heterocycles. The second kappa shape index (κ2) is 5.38. The predicted octanol–water partition coefficient (Wildman–Crippen LogP) is 3.05. The van der Waals surface area contributed by atoms with Crippen molar-refractivity contribution in [2.45, 2.75) is 13.0 Å². The summed E-state index contributed by atoms with van der Waals surface area (Å²) < 4.78 is 0. The van der Waals surface area contributed by atoms with Gasteiger partial charge in [0.1, 0.15) is 5.82 Å². The molecule has 0 fully saturated rings. The van der Waals surface area contributed by atoms with Crippen LogP contribution in [0.1, 0.15) is 24.1 Å². The molecule has 7 heteroatoms. The molecule has 6 nitrogen and oxygen atoms in total. The van der Waals surface area contributed by atoms with Crippen LogP contribution in [0, 0.1) is 11.3 Å². The van der Waals surface area contributed by atoms with E-state index in [-0.39, 0.29) is 11.3 Å². The molecule has 21 heavy (non-hydrogen) atoms. The van der Waals surface area contributed by atoms with Gasteiger partial charge in [-0.05, 0) is 36.2 Å². The van der Waals surface area contributed by atoms with E-state index < -0.39 is 0 Å². The summed E-state index contributed by atoms with van der Waals surface area (Å²) in [6.45, 7) is 2.00. The van der Waals surface area contributed by atoms with Crippen LogP contribution in [-0.4, -0.2) is 20.2 Å². The van der Waals surface area contributed by atoms with Crippen molar-refractivity contribution in [3.63, 3.8) is 0 Å². The van der Waals surface area contributed by atoms with Gasteiger partial charge in [-0.2, -0.15) is 20.3 Å². The predicted molar refractivity (Wildman–Crippen MR) is 79.9 cm³/mol. The third-order valence-electron chi connectivity index (χ3n) is 3.18. The van der Waals surface area contributed by atoms with E-state index in [4.69, 9.17) is 16.9 Å². The number of nitrogens with one attached hydrogen (secondary N) is 2. The lowest BCUT2D eigenvalue weighted by molar-refractivity contribution is 0.875. The maximum absolute atomic E-state index is 8.82. The molecule has 1 unspecified atom stereocenters. The largest absolute Gasteiger partial charge is 0.363 e. The zero-order chi connectivity index (χ0) is 14.8. The molecule has 2 heterocycles. The zero-order valence-electron chi connectivity index (χ0n) is 11.1. The number of hydrogen-bond donors (Lipinski definition) is 2. The van der Waals surface area contributed by atoms with E-state index >= 15 is 0 Å². The SMILES string of the molecule is CC(Nc1nc(Cl)nc2[nH]ncc12)c1ccc(C#N)cc1. The van der Waals surface area contributed by atoms with Crippen LogP contribution in [0.5, 0.6) is 0 Å². The number of hydrogen-bond acceptors (Lipinski definition) is 5. The summed E-state index contributed by atoms with van der Waals surface area (Å²) in [5.41, 5.74) is 2.26. The number of benzene rings is 1. The van der Waals surface area contributed by atoms with Crippen LogP contribution in [-0.2, 0) is 0 Å². The highest BCUT2D eigenvalue weighted by Crippen LogP contribution is 2.24. The molecular formula is C14H11ClN6. The lowest BCUT2D eigenvalue weighted by Crippen LogP contribution is -2.08. The lowest BCUT2D eigenvalue weighted by Gasteiger charge is -2.15. The van der Waals surface area contributed by atoms with Crippen LogP contribution < -0.4 is 5.32 Å². The Morgan fingerprint density at radius 1 is 1.29 bits per heavy atom. The second-order valence-electron chi connectivity index (χ2n) is 4.57. The fraction of sp³-hybridized carbons (Fsp3) is 0.143. The molecule has 0 saturated carbocycles. The van der Waals surface area contributed by atoms with Gasteiger partial charge in [0.2, 0.25) is 5.28 Å². The number of fused-ring (bicyclic) bond motifs is 1. The molecule has 2 aromatic heterocycles. The molecule has 0 bridgehead atoms. The fourth-order valence-corrected chi connectivity index (χ4v) is 2.22. The van der Waals surface area contributed by atoms with Crippen molar-refractivity contribution in [2.24, 2.45) is 0 Å². The molecule has 0 radical (unpaired) electrons. The van der Waals surface area contributed by atoms with Gasteiger partial charge >= 0.3 is 0 Å². The summed E-state index contributed by atoms with van der Waals surface area (Å²) in [6.07, 6.45) is 1.65. The zero-order valence-corrected chi connectivity index (χ0v) is 11.9. The Bertz CT molecular complexity index is 818. The Morgan fingerprint density at radius 2 is 2.05 bits per heavy atom. The van der Waals surface area contributed by atoms with Gasteiger partial charge in [-0.25, -0.2) is 0 Å². The van der Waals surface area contributed by atoms with Crippen LogP contribution in [0.3, 0.4) is 0 Å². The summed E-state index contributed by atoms with van der Waals surface area (Å²) in [7, 11) is 0. The minimum atomic E-state index is 0.00168. The summed E-state index contributed by atoms with van der Waals surface area (Å²) in [4.78, 5) is 8.26. The van der Waals surface area contributed by atoms with Gasteiger partial charge in [0, 0.05) is 6.04 Å². The summed E-state index contributed by atoms with van der Waals surface area (Å²) in [5.74, 6) is 0.621. The summed E-state index contributed by atoms with van der Waals surface area (Å²) >= 11 is 5.90. The number of H-pyrrole nitrogens is 1. The third-order valence-corrected chi connectivity index (χ3v) is 3.34. The number of anilines is 1. The van der Waals surface area contributed by atoms with Crippen LogP contribution in [0.15, 0.2) is 30.5 Å². The van der Waals surface area contributed by atoms with Gasteiger partial charge in [0.05, 0.1) is 23.2 Å². The minimum Gasteiger partial charge on any atom is -0.363 e. The van der Waals surface area contributed by atoms with E-state index in [2.05, 4.69) is 31.6 Å². The number of halogens is 1. The average molecular weight is 299 g/mol. The van der Waals surface area contributed by atoms with Crippen LogP contribution in [0.2, 0.25) is 5.28 Å². The van der Waals surface area contributed by atoms with Crippen molar-refractivity contribution >= 4 is 28.5 Å². The maximum atomic E-state index is 8.82. The Kier molecular flexibility index (Phi) is 3.42. The normalized spacial score (nSPS) is 12.0. The molecule has 3 aromatic rings. The van der Waals surface area contributed by atoms with Crippen molar-refractivity contribution in [3.05, 3.63) is 46.9 Å². The first-order chi connectivity index (χ1) is 10.2. The molecule has 0 aliphatic rings. The topological polar surface area (TPSA) is 90.3 Å². The molecular weight excluding hydrogens is 288 g/mol. The lowest BCUT2D eigenvalue weighted by atomic mass is 10.1. The maximum Gasteiger partial charge on any atom is 0.226 e. The smallest absolute Gasteiger partial charge is 0.226 e. The van der Waals surface area contributed by atoms with Crippen LogP contribution in [0.25, 0.3) is 11.0 Å². The number of nitriles is 1. The standard InChI is InChI=1S/C14H11ClN6/c1-8(10-4-2-9(6-16)3-5-10)18-12-11-7-17-21-13(11)20-14(15)19-12/h2-5,7-8H,1H3,(H2,17,18,19,20,21). The number of aromatic amines is 1. The Hall–Kier alpha value is -2.65. The molecule has 3 rings (SSSR count). The first-order valence-corrected chi connectivity index (χ1v) is 6.68. The highest BCUT2D eigenvalue weighted by molar-refractivity contribution is 6.28. The molecule has 104 valence electrons. The van der Waals surface area contributed by atoms with Crippen molar-refractivity contribution in [3.8, 4) is 6.07 Å². The van der Waals surface area contributed by atoms with E-state index in [0.717, 1.165) is 10.9 Å². The van der Waals surface area contributed by atoms with E-state index in [0.29, 0.717) is 17.0 Å². The Balaban J connectivity index is 1.90. The summed E-state index contributed by atoms with van der Waals surface area (Å²) in [5, 5.41) is 19.7. The van der Waals surface area contributed by atoms with E-state index in [9.17, 15) is 0 Å². The van der Waals surface area contributed by atoms with Crippen molar-refractivity contribution in [1.82, 2.24) is 20.2 Å². The van der Waals surface area contributed by atoms with Gasteiger partial charge in [-0.1, -0.05) is 12.1 Å². The van der Waals surface area contributed by atoms with E-state index in [1.54, 1.807) is 18.3 Å². The van der Waals surface area contributed by atoms with Crippen molar-refractivity contribution in [1.29, 1.82) is 5.26 Å². The number of nitrogens with zero attached hydrogens (tertiary/aromatic N) is 4. The highest BCUT2D eigenvalue weighted by Gasteiger charge is 2.12. The van der Waals surface area contributed by atoms with Crippen molar-refractivity contribution in [2.75, 3.05) is 5.32 Å². The Morgan fingerprint density at radius 3 is 2.76 bits per heavy atom. The van der Waals surface area contributed by atoms with Crippen molar-refractivity contribution < 1.29 is 0 Å². The number of aromatic nitrogens is 4. The van der Waals surface area contributed by atoms with Gasteiger partial charge < -0.3 is 5.32 Å². The van der Waals surface area contributed by atoms with Crippen LogP contribution >= 0.6 is 11.6 Å². The van der Waals surface area contributed by atoms with Crippen LogP contribution in [0.4, 0.5) is 5.82 Å². The molecule has 0 aliphatic heterocycles. The van der Waals surface area contributed by atoms with E-state index in [1.807, 2.05) is 19.1 Å². The number of rotatable bonds is 3. The Labute approximate surface area is 125 Å². The first kappa shape index (κ1) is 13.3. The highest BCUT2D eigenvalue weighted by atomic mass is 35.5. The average Bonchev–Trinajstić information content (AvgIpc) is 2.95. The fourth-order valence-electron chi connectivity index (χ4n) is 2.05. The first-order valence-electron chi connectivity index (χ1n) is 6.30. The molecule has 1 atom stereocenters. The van der Waals surface area contributed by atoms with E-state index in [1.165, 1.54) is 0 Å². The monoisotopic (exact) mass is 298 g/mol. The second-order valence-corrected chi connectivity index (χ2v) is 4.91. The molecule has 0 spiro atoms. The minimum absolute atomic E-state index is 0.00168. The van der Waals surface area contributed by atoms with Gasteiger partial charge in [-0.3, -0.25) is 5.10 Å². The van der Waals surface area contributed by atoms with Gasteiger partial charge in [0.25, 0.3) is 0 Å². The quantitative estimate of drug-likeness (QED) is 0.725. The van der Waals surface area contributed by atoms with Gasteiger partial charge in [0.15, 0.2) is 5.65 Å². The molecule has 0 amide bonds. The third kappa shape index (κ3) is 2.64. The molecule has 1 aromatic carbocycles. The summed E-state index contributed by atoms with van der Waals surface area (Å²) in [6, 6.07) is 9.49. The molecule has 2 N–H and O–H groups in total. The molecule has 0 aliphatic carbocycles.